The van der Waals surface area contributed by atoms with E-state index in [1.807, 2.05) is 19.1 Å². The second kappa shape index (κ2) is 3.38. The number of nitrogens with one attached hydrogen (secondary N) is 1. The van der Waals surface area contributed by atoms with E-state index in [1.165, 1.54) is 0 Å². The molecule has 0 unspecified atom stereocenters. The number of rotatable bonds is 1. The number of aromatic nitrogens is 3. The predicted molar refractivity (Wildman–Crippen MR) is 63.6 cm³/mol. The molecule has 0 fully saturated rings. The monoisotopic (exact) mass is 231 g/mol. The summed E-state index contributed by atoms with van der Waals surface area (Å²) in [6.45, 7) is 1.91. The minimum Gasteiger partial charge on any atom is -0.356 e. The molecule has 1 aromatic carbocycles. The van der Waals surface area contributed by atoms with Gasteiger partial charge in [-0.05, 0) is 19.1 Å². The van der Waals surface area contributed by atoms with Crippen LogP contribution < -0.4 is 0 Å². The standard InChI is InChI=1S/C11H9N3OS/c1-6-12-5-9(14-6)7-2-3-10(16)8-4-13-15-11(7)8/h2-5,16H,1H3,(H,12,14). The Morgan fingerprint density at radius 1 is 1.31 bits per heavy atom. The Morgan fingerprint density at radius 3 is 2.94 bits per heavy atom. The number of hydrogen-bond acceptors (Lipinski definition) is 4. The zero-order valence-electron chi connectivity index (χ0n) is 8.56. The van der Waals surface area contributed by atoms with Crippen LogP contribution in [0.4, 0.5) is 0 Å². The lowest BCUT2D eigenvalue weighted by Crippen LogP contribution is -1.80. The van der Waals surface area contributed by atoms with Crippen molar-refractivity contribution in [3.63, 3.8) is 0 Å². The summed E-state index contributed by atoms with van der Waals surface area (Å²) in [5.74, 6) is 0.873. The van der Waals surface area contributed by atoms with E-state index in [1.54, 1.807) is 12.4 Å². The Hall–Kier alpha value is -1.75. The molecule has 0 saturated carbocycles. The zero-order chi connectivity index (χ0) is 11.1. The van der Waals surface area contributed by atoms with Gasteiger partial charge in [0.2, 0.25) is 0 Å². The third-order valence-electron chi connectivity index (χ3n) is 2.49. The Labute approximate surface area is 97.1 Å². The molecular weight excluding hydrogens is 222 g/mol. The van der Waals surface area contributed by atoms with Crippen LogP contribution in [0.15, 0.2) is 33.9 Å². The van der Waals surface area contributed by atoms with Crippen molar-refractivity contribution in [2.24, 2.45) is 0 Å². The average Bonchev–Trinajstić information content (AvgIpc) is 2.87. The molecule has 0 aliphatic carbocycles. The van der Waals surface area contributed by atoms with Gasteiger partial charge in [0.05, 0.1) is 23.5 Å². The minimum absolute atomic E-state index is 0.733. The molecule has 3 rings (SSSR count). The summed E-state index contributed by atoms with van der Waals surface area (Å²) in [6, 6.07) is 3.87. The fraction of sp³-hybridized carbons (Fsp3) is 0.0909. The Morgan fingerprint density at radius 2 is 2.19 bits per heavy atom. The predicted octanol–water partition coefficient (Wildman–Crippen LogP) is 2.82. The van der Waals surface area contributed by atoms with E-state index < -0.39 is 0 Å². The highest BCUT2D eigenvalue weighted by Gasteiger charge is 2.11. The van der Waals surface area contributed by atoms with Gasteiger partial charge in [0, 0.05) is 10.5 Å². The third kappa shape index (κ3) is 1.32. The highest BCUT2D eigenvalue weighted by atomic mass is 32.1. The van der Waals surface area contributed by atoms with Crippen LogP contribution in [-0.2, 0) is 0 Å². The maximum absolute atomic E-state index is 5.25. The van der Waals surface area contributed by atoms with Gasteiger partial charge in [0.1, 0.15) is 5.82 Å². The van der Waals surface area contributed by atoms with E-state index in [0.29, 0.717) is 0 Å². The van der Waals surface area contributed by atoms with Crippen molar-refractivity contribution in [3.05, 3.63) is 30.4 Å². The van der Waals surface area contributed by atoms with Gasteiger partial charge in [-0.1, -0.05) is 5.16 Å². The first kappa shape index (κ1) is 9.47. The van der Waals surface area contributed by atoms with Gasteiger partial charge in [0.25, 0.3) is 0 Å². The lowest BCUT2D eigenvalue weighted by Gasteiger charge is -1.99. The largest absolute Gasteiger partial charge is 0.356 e. The van der Waals surface area contributed by atoms with Crippen LogP contribution in [0.25, 0.3) is 22.2 Å². The van der Waals surface area contributed by atoms with Gasteiger partial charge in [-0.15, -0.1) is 12.6 Å². The number of H-pyrrole nitrogens is 1. The Kier molecular flexibility index (Phi) is 2.00. The quantitative estimate of drug-likeness (QED) is 0.633. The normalized spacial score (nSPS) is 11.1. The maximum atomic E-state index is 5.25. The number of imidazole rings is 1. The highest BCUT2D eigenvalue weighted by molar-refractivity contribution is 7.80. The first-order valence-corrected chi connectivity index (χ1v) is 5.29. The SMILES string of the molecule is Cc1ncc(-c2ccc(S)c3cnoc23)[nH]1. The lowest BCUT2D eigenvalue weighted by molar-refractivity contribution is 0.457. The molecule has 0 amide bonds. The van der Waals surface area contributed by atoms with Gasteiger partial charge in [-0.25, -0.2) is 4.98 Å². The van der Waals surface area contributed by atoms with E-state index in [2.05, 4.69) is 27.8 Å². The molecule has 1 N–H and O–H groups in total. The molecule has 80 valence electrons. The first-order chi connectivity index (χ1) is 7.75. The maximum Gasteiger partial charge on any atom is 0.177 e. The van der Waals surface area contributed by atoms with Crippen LogP contribution in [0.2, 0.25) is 0 Å². The molecule has 0 aliphatic heterocycles. The van der Waals surface area contributed by atoms with Crippen molar-refractivity contribution >= 4 is 23.6 Å². The molecule has 0 atom stereocenters. The summed E-state index contributed by atoms with van der Waals surface area (Å²) in [6.07, 6.45) is 3.45. The molecule has 4 nitrogen and oxygen atoms in total. The first-order valence-electron chi connectivity index (χ1n) is 4.84. The summed E-state index contributed by atoms with van der Waals surface area (Å²) in [5.41, 5.74) is 2.61. The minimum atomic E-state index is 0.733. The number of hydrogen-bond donors (Lipinski definition) is 2. The van der Waals surface area contributed by atoms with E-state index in [-0.39, 0.29) is 0 Å². The van der Waals surface area contributed by atoms with Crippen LogP contribution in [0.5, 0.6) is 0 Å². The van der Waals surface area contributed by atoms with Crippen molar-refractivity contribution in [1.82, 2.24) is 15.1 Å². The van der Waals surface area contributed by atoms with E-state index >= 15 is 0 Å². The van der Waals surface area contributed by atoms with E-state index in [9.17, 15) is 0 Å². The van der Waals surface area contributed by atoms with Gasteiger partial charge in [-0.3, -0.25) is 0 Å². The number of aromatic amines is 1. The summed E-state index contributed by atoms with van der Waals surface area (Å²) in [7, 11) is 0. The van der Waals surface area contributed by atoms with Gasteiger partial charge >= 0.3 is 0 Å². The smallest absolute Gasteiger partial charge is 0.177 e. The molecule has 0 aliphatic rings. The van der Waals surface area contributed by atoms with Crippen molar-refractivity contribution < 1.29 is 4.52 Å². The zero-order valence-corrected chi connectivity index (χ0v) is 9.45. The number of thiol groups is 1. The Balaban J connectivity index is 2.32. The van der Waals surface area contributed by atoms with Crippen LogP contribution in [0.1, 0.15) is 5.82 Å². The summed E-state index contributed by atoms with van der Waals surface area (Å²) >= 11 is 4.36. The second-order valence-electron chi connectivity index (χ2n) is 3.58. The molecule has 0 bridgehead atoms. The van der Waals surface area contributed by atoms with E-state index in [4.69, 9.17) is 4.52 Å². The van der Waals surface area contributed by atoms with Gasteiger partial charge in [0.15, 0.2) is 5.58 Å². The van der Waals surface area contributed by atoms with Gasteiger partial charge in [-0.2, -0.15) is 0 Å². The lowest BCUT2D eigenvalue weighted by atomic mass is 10.1. The van der Waals surface area contributed by atoms with Crippen LogP contribution in [-0.4, -0.2) is 15.1 Å². The third-order valence-corrected chi connectivity index (χ3v) is 2.88. The van der Waals surface area contributed by atoms with Crippen molar-refractivity contribution in [3.8, 4) is 11.3 Å². The fourth-order valence-electron chi connectivity index (χ4n) is 1.71. The fourth-order valence-corrected chi connectivity index (χ4v) is 1.95. The molecule has 16 heavy (non-hydrogen) atoms. The molecule has 0 radical (unpaired) electrons. The topological polar surface area (TPSA) is 54.7 Å². The molecule has 5 heteroatoms. The molecule has 0 saturated heterocycles. The molecule has 0 spiro atoms. The number of benzene rings is 1. The van der Waals surface area contributed by atoms with E-state index in [0.717, 1.165) is 32.9 Å². The second-order valence-corrected chi connectivity index (χ2v) is 4.06. The molecule has 2 heterocycles. The van der Waals surface area contributed by atoms with Crippen LogP contribution >= 0.6 is 12.6 Å². The Bertz CT molecular complexity index is 656. The van der Waals surface area contributed by atoms with Crippen molar-refractivity contribution in [2.75, 3.05) is 0 Å². The summed E-state index contributed by atoms with van der Waals surface area (Å²) in [5, 5.41) is 4.71. The number of nitrogens with zero attached hydrogens (tertiary/aromatic N) is 2. The molecule has 3 aromatic rings. The average molecular weight is 231 g/mol. The van der Waals surface area contributed by atoms with Crippen molar-refractivity contribution in [1.29, 1.82) is 0 Å². The van der Waals surface area contributed by atoms with Crippen LogP contribution in [0.3, 0.4) is 0 Å². The molecular formula is C11H9N3OS. The van der Waals surface area contributed by atoms with Crippen molar-refractivity contribution in [2.45, 2.75) is 11.8 Å². The molecule has 2 aromatic heterocycles. The highest BCUT2D eigenvalue weighted by Crippen LogP contribution is 2.31. The number of aryl methyl sites for hydroxylation is 1. The number of fused-ring (bicyclic) bond motifs is 1. The summed E-state index contributed by atoms with van der Waals surface area (Å²) in [4.78, 5) is 8.20. The van der Waals surface area contributed by atoms with Gasteiger partial charge < -0.3 is 9.51 Å². The van der Waals surface area contributed by atoms with Crippen LogP contribution in [0, 0.1) is 6.92 Å². The summed E-state index contributed by atoms with van der Waals surface area (Å²) < 4.78 is 5.25.